The average Bonchev–Trinajstić information content (AvgIpc) is 2.90. The van der Waals surface area contributed by atoms with Crippen molar-refractivity contribution in [3.63, 3.8) is 0 Å². The van der Waals surface area contributed by atoms with Crippen molar-refractivity contribution in [2.45, 2.75) is 25.8 Å². The second-order valence-electron chi connectivity index (χ2n) is 6.80. The summed E-state index contributed by atoms with van der Waals surface area (Å²) in [4.78, 5) is 40.0. The highest BCUT2D eigenvalue weighted by Gasteiger charge is 2.46. The lowest BCUT2D eigenvalue weighted by atomic mass is 9.85. The summed E-state index contributed by atoms with van der Waals surface area (Å²) in [5, 5.41) is 8.94. The van der Waals surface area contributed by atoms with Gasteiger partial charge in [-0.15, -0.1) is 0 Å². The van der Waals surface area contributed by atoms with Crippen molar-refractivity contribution < 1.29 is 14.4 Å². The van der Waals surface area contributed by atoms with Crippen LogP contribution in [0.5, 0.6) is 0 Å². The third kappa shape index (κ3) is 3.52. The SMILES string of the molecule is CN(Cc1cccc(C#N)c1)C(=O)CCN1C(=O)C2CC=CCC2C1=O. The van der Waals surface area contributed by atoms with E-state index in [9.17, 15) is 14.4 Å². The van der Waals surface area contributed by atoms with Gasteiger partial charge in [0.1, 0.15) is 0 Å². The van der Waals surface area contributed by atoms with Crippen LogP contribution < -0.4 is 0 Å². The second-order valence-corrected chi connectivity index (χ2v) is 6.80. The van der Waals surface area contributed by atoms with Gasteiger partial charge in [0.05, 0.1) is 23.5 Å². The van der Waals surface area contributed by atoms with E-state index in [0.717, 1.165) is 5.56 Å². The van der Waals surface area contributed by atoms with Crippen LogP contribution in [0.3, 0.4) is 0 Å². The monoisotopic (exact) mass is 351 g/mol. The zero-order valence-electron chi connectivity index (χ0n) is 14.7. The minimum atomic E-state index is -0.256. The molecule has 1 saturated heterocycles. The molecule has 0 radical (unpaired) electrons. The highest BCUT2D eigenvalue weighted by Crippen LogP contribution is 2.35. The van der Waals surface area contributed by atoms with Crippen LogP contribution in [-0.2, 0) is 20.9 Å². The van der Waals surface area contributed by atoms with Crippen molar-refractivity contribution in [3.05, 3.63) is 47.5 Å². The summed E-state index contributed by atoms with van der Waals surface area (Å²) in [6.07, 6.45) is 5.22. The van der Waals surface area contributed by atoms with Gasteiger partial charge >= 0.3 is 0 Å². The van der Waals surface area contributed by atoms with E-state index >= 15 is 0 Å². The normalized spacial score (nSPS) is 21.5. The maximum Gasteiger partial charge on any atom is 0.233 e. The van der Waals surface area contributed by atoms with Gasteiger partial charge in [-0.25, -0.2) is 0 Å². The van der Waals surface area contributed by atoms with Crippen molar-refractivity contribution in [2.75, 3.05) is 13.6 Å². The number of nitrogens with zero attached hydrogens (tertiary/aromatic N) is 3. The zero-order valence-corrected chi connectivity index (χ0v) is 14.7. The van der Waals surface area contributed by atoms with Crippen LogP contribution >= 0.6 is 0 Å². The van der Waals surface area contributed by atoms with Gasteiger partial charge in [0, 0.05) is 26.6 Å². The first kappa shape index (κ1) is 17.9. The number of benzene rings is 1. The number of hydrogen-bond donors (Lipinski definition) is 0. The summed E-state index contributed by atoms with van der Waals surface area (Å²) in [6, 6.07) is 9.17. The number of hydrogen-bond acceptors (Lipinski definition) is 4. The molecule has 1 fully saturated rings. The van der Waals surface area contributed by atoms with Crippen molar-refractivity contribution in [1.82, 2.24) is 9.80 Å². The number of likely N-dealkylation sites (tertiary alicyclic amines) is 1. The zero-order chi connectivity index (χ0) is 18.7. The number of allylic oxidation sites excluding steroid dienone is 2. The molecule has 134 valence electrons. The van der Waals surface area contributed by atoms with E-state index in [-0.39, 0.29) is 42.5 Å². The Balaban J connectivity index is 1.56. The fraction of sp³-hybridized carbons (Fsp3) is 0.400. The molecule has 1 heterocycles. The third-order valence-electron chi connectivity index (χ3n) is 5.05. The van der Waals surface area contributed by atoms with Gasteiger partial charge in [0.15, 0.2) is 0 Å². The molecule has 6 nitrogen and oxygen atoms in total. The van der Waals surface area contributed by atoms with E-state index in [1.807, 2.05) is 18.2 Å². The van der Waals surface area contributed by atoms with Crippen LogP contribution in [0.1, 0.15) is 30.4 Å². The molecule has 1 aromatic carbocycles. The van der Waals surface area contributed by atoms with Gasteiger partial charge in [-0.05, 0) is 30.5 Å². The van der Waals surface area contributed by atoms with Gasteiger partial charge in [-0.1, -0.05) is 24.3 Å². The summed E-state index contributed by atoms with van der Waals surface area (Å²) < 4.78 is 0. The maximum absolute atomic E-state index is 12.4. The average molecular weight is 351 g/mol. The van der Waals surface area contributed by atoms with Crippen molar-refractivity contribution in [1.29, 1.82) is 5.26 Å². The Kier molecular flexibility index (Phi) is 5.17. The standard InChI is InChI=1S/C20H21N3O3/c1-22(13-15-6-4-5-14(11-15)12-21)18(24)9-10-23-19(25)16-7-2-3-8-17(16)20(23)26/h2-6,11,16-17H,7-10,13H2,1H3. The van der Waals surface area contributed by atoms with Crippen molar-refractivity contribution in [3.8, 4) is 6.07 Å². The van der Waals surface area contributed by atoms with Gasteiger partial charge in [-0.2, -0.15) is 5.26 Å². The summed E-state index contributed by atoms with van der Waals surface area (Å²) in [6.45, 7) is 0.511. The molecule has 2 unspecified atom stereocenters. The van der Waals surface area contributed by atoms with Crippen molar-refractivity contribution >= 4 is 17.7 Å². The molecule has 6 heteroatoms. The lowest BCUT2D eigenvalue weighted by Crippen LogP contribution is -2.36. The molecule has 1 aromatic rings. The van der Waals surface area contributed by atoms with Crippen LogP contribution in [0.15, 0.2) is 36.4 Å². The van der Waals surface area contributed by atoms with Crippen LogP contribution in [0.25, 0.3) is 0 Å². The van der Waals surface area contributed by atoms with E-state index < -0.39 is 0 Å². The Hall–Kier alpha value is -2.94. The first-order chi connectivity index (χ1) is 12.5. The second kappa shape index (κ2) is 7.52. The summed E-state index contributed by atoms with van der Waals surface area (Å²) in [5.41, 5.74) is 1.41. The topological polar surface area (TPSA) is 81.5 Å². The Morgan fingerprint density at radius 3 is 2.50 bits per heavy atom. The summed E-state index contributed by atoms with van der Waals surface area (Å²) >= 11 is 0. The summed E-state index contributed by atoms with van der Waals surface area (Å²) in [7, 11) is 1.68. The third-order valence-corrected chi connectivity index (χ3v) is 5.05. The predicted octanol–water partition coefficient (Wildman–Crippen LogP) is 1.86. The Morgan fingerprint density at radius 2 is 1.88 bits per heavy atom. The number of rotatable bonds is 5. The van der Waals surface area contributed by atoms with Crippen LogP contribution in [0.4, 0.5) is 0 Å². The number of imide groups is 1. The molecule has 3 rings (SSSR count). The number of fused-ring (bicyclic) bond motifs is 1. The van der Waals surface area contributed by atoms with E-state index in [1.165, 1.54) is 4.90 Å². The molecule has 2 aliphatic rings. The fourth-order valence-corrected chi connectivity index (χ4v) is 3.59. The number of carbonyl (C=O) groups is 3. The minimum Gasteiger partial charge on any atom is -0.341 e. The van der Waals surface area contributed by atoms with E-state index in [2.05, 4.69) is 6.07 Å². The molecule has 1 aliphatic carbocycles. The van der Waals surface area contributed by atoms with Crippen LogP contribution in [0, 0.1) is 23.2 Å². The van der Waals surface area contributed by atoms with Crippen LogP contribution in [-0.4, -0.2) is 41.1 Å². The molecule has 0 aromatic heterocycles. The molecule has 0 spiro atoms. The molecular weight excluding hydrogens is 330 g/mol. The molecule has 26 heavy (non-hydrogen) atoms. The molecule has 0 saturated carbocycles. The molecular formula is C20H21N3O3. The smallest absolute Gasteiger partial charge is 0.233 e. The van der Waals surface area contributed by atoms with E-state index in [0.29, 0.717) is 24.9 Å². The van der Waals surface area contributed by atoms with Gasteiger partial charge in [0.2, 0.25) is 17.7 Å². The highest BCUT2D eigenvalue weighted by atomic mass is 16.2. The Morgan fingerprint density at radius 1 is 1.23 bits per heavy atom. The quantitative estimate of drug-likeness (QED) is 0.599. The fourth-order valence-electron chi connectivity index (χ4n) is 3.59. The largest absolute Gasteiger partial charge is 0.341 e. The van der Waals surface area contributed by atoms with Crippen molar-refractivity contribution in [2.24, 2.45) is 11.8 Å². The molecule has 1 aliphatic heterocycles. The van der Waals surface area contributed by atoms with Gasteiger partial charge < -0.3 is 4.90 Å². The Labute approximate surface area is 152 Å². The number of carbonyl (C=O) groups excluding carboxylic acids is 3. The highest BCUT2D eigenvalue weighted by molar-refractivity contribution is 6.05. The molecule has 3 amide bonds. The first-order valence-corrected chi connectivity index (χ1v) is 8.74. The van der Waals surface area contributed by atoms with E-state index in [1.54, 1.807) is 30.1 Å². The maximum atomic E-state index is 12.4. The van der Waals surface area contributed by atoms with Gasteiger partial charge in [-0.3, -0.25) is 19.3 Å². The minimum absolute atomic E-state index is 0.110. The lowest BCUT2D eigenvalue weighted by molar-refractivity contribution is -0.140. The first-order valence-electron chi connectivity index (χ1n) is 8.74. The predicted molar refractivity (Wildman–Crippen MR) is 94.3 cm³/mol. The number of nitriles is 1. The molecule has 0 N–H and O–H groups in total. The lowest BCUT2D eigenvalue weighted by Gasteiger charge is -2.20. The molecule has 2 atom stereocenters. The van der Waals surface area contributed by atoms with Crippen LogP contribution in [0.2, 0.25) is 0 Å². The molecule has 0 bridgehead atoms. The number of amides is 3. The summed E-state index contributed by atoms with van der Waals surface area (Å²) in [5.74, 6) is -0.952. The van der Waals surface area contributed by atoms with Gasteiger partial charge in [0.25, 0.3) is 0 Å². The van der Waals surface area contributed by atoms with E-state index in [4.69, 9.17) is 5.26 Å². The Bertz CT molecular complexity index is 783.